The van der Waals surface area contributed by atoms with Crippen LogP contribution in [0.1, 0.15) is 36.8 Å². The van der Waals surface area contributed by atoms with Crippen molar-refractivity contribution >= 4 is 27.2 Å². The van der Waals surface area contributed by atoms with Gasteiger partial charge in [-0.05, 0) is 61.7 Å². The van der Waals surface area contributed by atoms with E-state index in [2.05, 4.69) is 26.9 Å². The number of fused-ring (bicyclic) bond motifs is 1. The van der Waals surface area contributed by atoms with Gasteiger partial charge in [-0.1, -0.05) is 36.3 Å². The molecule has 1 N–H and O–H groups in total. The van der Waals surface area contributed by atoms with Gasteiger partial charge in [-0.25, -0.2) is 0 Å². The summed E-state index contributed by atoms with van der Waals surface area (Å²) in [6, 6.07) is 11.7. The van der Waals surface area contributed by atoms with Crippen LogP contribution in [0.5, 0.6) is 0 Å². The number of hydrogen-bond donors (Lipinski definition) is 1. The van der Waals surface area contributed by atoms with Crippen molar-refractivity contribution in [1.82, 2.24) is 9.88 Å². The van der Waals surface area contributed by atoms with Crippen LogP contribution in [0.15, 0.2) is 47.3 Å². The molecule has 2 aromatic carbocycles. The summed E-state index contributed by atoms with van der Waals surface area (Å²) in [5.41, 5.74) is 2.47. The lowest BCUT2D eigenvalue weighted by Gasteiger charge is -2.36. The minimum Gasteiger partial charge on any atom is -0.369 e. The molecule has 3 aromatic rings. The Hall–Kier alpha value is -2.32. The van der Waals surface area contributed by atoms with Gasteiger partial charge in [-0.2, -0.15) is 13.2 Å². The molecule has 1 fully saturated rings. The summed E-state index contributed by atoms with van der Waals surface area (Å²) in [6.07, 6.45) is 0.961. The van der Waals surface area contributed by atoms with E-state index in [1.54, 1.807) is 12.1 Å². The number of nitrogens with one attached hydrogen (secondary N) is 1. The molecule has 0 unspecified atom stereocenters. The maximum absolute atomic E-state index is 12.6. The minimum absolute atomic E-state index is 0.0127. The number of thiazole rings is 1. The van der Waals surface area contributed by atoms with Gasteiger partial charge in [0.15, 0.2) is 0 Å². The Bertz CT molecular complexity index is 1070. The predicted octanol–water partition coefficient (Wildman–Crippen LogP) is 5.53. The topological polar surface area (TPSA) is 39.3 Å². The first-order chi connectivity index (χ1) is 15.4. The van der Waals surface area contributed by atoms with Crippen LogP contribution in [-0.2, 0) is 12.6 Å². The molecule has 4 rings (SSSR count). The van der Waals surface area contributed by atoms with Gasteiger partial charge in [0.25, 0.3) is 0 Å². The standard InChI is InChI=1S/C24H28F3N3OS/c25-24(26,27)19-8-6-18(7-9-19)5-3-1-2-4-12-29-13-15-30(16-14-29)20-10-11-22-21(17-20)28-23(31)32-22/h6-11,17H,1-5,12-16H2,(H,28,31). The molecular formula is C24H28F3N3OS. The van der Waals surface area contributed by atoms with Crippen LogP contribution in [0.3, 0.4) is 0 Å². The fraction of sp³-hybridized carbons (Fsp3) is 0.458. The van der Waals surface area contributed by atoms with Gasteiger partial charge in [-0.15, -0.1) is 0 Å². The predicted molar refractivity (Wildman–Crippen MR) is 125 cm³/mol. The SMILES string of the molecule is O=c1[nH]c2cc(N3CCN(CCCCCCc4ccc(C(F)(F)F)cc4)CC3)ccc2s1. The smallest absolute Gasteiger partial charge is 0.369 e. The van der Waals surface area contributed by atoms with Crippen molar-refractivity contribution in [2.24, 2.45) is 0 Å². The molecule has 1 aliphatic rings. The number of aryl methyl sites for hydroxylation is 1. The number of piperazine rings is 1. The Morgan fingerprint density at radius 3 is 2.34 bits per heavy atom. The molecule has 0 aliphatic carbocycles. The van der Waals surface area contributed by atoms with Crippen LogP contribution in [0.2, 0.25) is 0 Å². The Labute approximate surface area is 189 Å². The lowest BCUT2D eigenvalue weighted by Crippen LogP contribution is -2.46. The summed E-state index contributed by atoms with van der Waals surface area (Å²) in [4.78, 5) is 19.3. The molecule has 32 heavy (non-hydrogen) atoms. The molecule has 1 aliphatic heterocycles. The van der Waals surface area contributed by atoms with E-state index >= 15 is 0 Å². The lowest BCUT2D eigenvalue weighted by molar-refractivity contribution is -0.137. The third-order valence-electron chi connectivity index (χ3n) is 6.11. The molecule has 0 saturated carbocycles. The average Bonchev–Trinajstić information content (AvgIpc) is 3.15. The summed E-state index contributed by atoms with van der Waals surface area (Å²) >= 11 is 1.24. The first kappa shape index (κ1) is 22.9. The highest BCUT2D eigenvalue weighted by Crippen LogP contribution is 2.29. The Balaban J connectivity index is 1.12. The van der Waals surface area contributed by atoms with Crippen molar-refractivity contribution in [3.05, 3.63) is 63.3 Å². The summed E-state index contributed by atoms with van der Waals surface area (Å²) < 4.78 is 38.8. The highest BCUT2D eigenvalue weighted by molar-refractivity contribution is 7.16. The molecule has 1 saturated heterocycles. The number of hydrogen-bond acceptors (Lipinski definition) is 4. The third-order valence-corrected chi connectivity index (χ3v) is 6.97. The lowest BCUT2D eigenvalue weighted by atomic mass is 10.0. The maximum Gasteiger partial charge on any atom is 0.416 e. The molecule has 0 bridgehead atoms. The summed E-state index contributed by atoms with van der Waals surface area (Å²) in [5.74, 6) is 0. The Morgan fingerprint density at radius 2 is 1.62 bits per heavy atom. The van der Waals surface area contributed by atoms with Crippen molar-refractivity contribution in [1.29, 1.82) is 0 Å². The Kier molecular flexibility index (Phi) is 7.20. The first-order valence-electron chi connectivity index (χ1n) is 11.1. The van der Waals surface area contributed by atoms with Crippen LogP contribution in [0.25, 0.3) is 10.2 Å². The van der Waals surface area contributed by atoms with Crippen molar-refractivity contribution in [2.75, 3.05) is 37.6 Å². The van der Waals surface area contributed by atoms with E-state index < -0.39 is 11.7 Å². The number of unbranched alkanes of at least 4 members (excludes halogenated alkanes) is 3. The van der Waals surface area contributed by atoms with E-state index in [0.29, 0.717) is 0 Å². The quantitative estimate of drug-likeness (QED) is 0.446. The monoisotopic (exact) mass is 463 g/mol. The van der Waals surface area contributed by atoms with Gasteiger partial charge in [0.2, 0.25) is 0 Å². The van der Waals surface area contributed by atoms with Crippen molar-refractivity contribution in [3.63, 3.8) is 0 Å². The number of benzene rings is 2. The summed E-state index contributed by atoms with van der Waals surface area (Å²) in [5, 5.41) is 0. The fourth-order valence-electron chi connectivity index (χ4n) is 4.24. The number of rotatable bonds is 8. The second kappa shape index (κ2) is 10.1. The number of alkyl halides is 3. The van der Waals surface area contributed by atoms with Crippen molar-refractivity contribution < 1.29 is 13.2 Å². The average molecular weight is 464 g/mol. The molecular weight excluding hydrogens is 435 g/mol. The highest BCUT2D eigenvalue weighted by atomic mass is 32.1. The Morgan fingerprint density at radius 1 is 0.906 bits per heavy atom. The van der Waals surface area contributed by atoms with E-state index in [4.69, 9.17) is 0 Å². The van der Waals surface area contributed by atoms with Crippen LogP contribution in [0, 0.1) is 0 Å². The van der Waals surface area contributed by atoms with Crippen molar-refractivity contribution in [3.8, 4) is 0 Å². The van der Waals surface area contributed by atoms with E-state index in [0.717, 1.165) is 86.3 Å². The van der Waals surface area contributed by atoms with Crippen LogP contribution >= 0.6 is 11.3 Å². The fourth-order valence-corrected chi connectivity index (χ4v) is 4.96. The first-order valence-corrected chi connectivity index (χ1v) is 12.0. The molecule has 0 atom stereocenters. The highest BCUT2D eigenvalue weighted by Gasteiger charge is 2.29. The number of aromatic nitrogens is 1. The minimum atomic E-state index is -4.26. The zero-order valence-electron chi connectivity index (χ0n) is 18.0. The molecule has 0 amide bonds. The van der Waals surface area contributed by atoms with Crippen LogP contribution < -0.4 is 9.77 Å². The van der Waals surface area contributed by atoms with Gasteiger partial charge in [0.05, 0.1) is 15.8 Å². The van der Waals surface area contributed by atoms with E-state index in [-0.39, 0.29) is 4.87 Å². The molecule has 0 spiro atoms. The van der Waals surface area contributed by atoms with E-state index in [1.165, 1.54) is 23.5 Å². The van der Waals surface area contributed by atoms with Gasteiger partial charge >= 0.3 is 11.0 Å². The van der Waals surface area contributed by atoms with Crippen LogP contribution in [-0.4, -0.2) is 42.6 Å². The van der Waals surface area contributed by atoms with Gasteiger partial charge in [0, 0.05) is 31.9 Å². The number of halogens is 3. The molecule has 4 nitrogen and oxygen atoms in total. The zero-order valence-corrected chi connectivity index (χ0v) is 18.8. The van der Waals surface area contributed by atoms with Crippen LogP contribution in [0.4, 0.5) is 18.9 Å². The molecule has 8 heteroatoms. The van der Waals surface area contributed by atoms with E-state index in [9.17, 15) is 18.0 Å². The normalized spacial score (nSPS) is 15.5. The van der Waals surface area contributed by atoms with Gasteiger partial charge in [-0.3, -0.25) is 9.69 Å². The third kappa shape index (κ3) is 5.92. The molecule has 0 radical (unpaired) electrons. The largest absolute Gasteiger partial charge is 0.416 e. The van der Waals surface area contributed by atoms with Gasteiger partial charge in [0.1, 0.15) is 0 Å². The second-order valence-corrected chi connectivity index (χ2v) is 9.40. The maximum atomic E-state index is 12.6. The number of anilines is 1. The molecule has 1 aromatic heterocycles. The zero-order chi connectivity index (χ0) is 22.6. The molecule has 2 heterocycles. The summed E-state index contributed by atoms with van der Waals surface area (Å²) in [6.45, 7) is 5.11. The number of H-pyrrole nitrogens is 1. The molecule has 172 valence electrons. The second-order valence-electron chi connectivity index (χ2n) is 8.38. The van der Waals surface area contributed by atoms with E-state index in [1.807, 2.05) is 6.07 Å². The van der Waals surface area contributed by atoms with Crippen molar-refractivity contribution in [2.45, 2.75) is 38.3 Å². The summed E-state index contributed by atoms with van der Waals surface area (Å²) in [7, 11) is 0. The van der Waals surface area contributed by atoms with Gasteiger partial charge < -0.3 is 9.88 Å². The number of aromatic amines is 1. The number of nitrogens with zero attached hydrogens (tertiary/aromatic N) is 2.